The number of ether oxygens (including phenoxy) is 2. The first-order valence-corrected chi connectivity index (χ1v) is 14.4. The van der Waals surface area contributed by atoms with Crippen molar-refractivity contribution in [1.29, 1.82) is 0 Å². The first-order chi connectivity index (χ1) is 22.1. The maximum absolute atomic E-state index is 13.3. The second-order valence-electron chi connectivity index (χ2n) is 13.0. The molecular formula is C27H34F18O6. The van der Waals surface area contributed by atoms with Gasteiger partial charge < -0.3 is 19.7 Å². The molecule has 0 amide bonds. The summed E-state index contributed by atoms with van der Waals surface area (Å²) in [5, 5.41) is 19.2. The van der Waals surface area contributed by atoms with Crippen molar-refractivity contribution in [3.8, 4) is 0 Å². The second kappa shape index (κ2) is 15.2. The molecule has 0 spiro atoms. The Morgan fingerprint density at radius 2 is 0.824 bits per heavy atom. The number of alkyl halides is 18. The summed E-state index contributed by atoms with van der Waals surface area (Å²) in [6.07, 6.45) is -49.3. The van der Waals surface area contributed by atoms with Gasteiger partial charge in [0.1, 0.15) is 6.10 Å². The molecule has 24 heteroatoms. The lowest BCUT2D eigenvalue weighted by Crippen LogP contribution is -2.67. The van der Waals surface area contributed by atoms with E-state index in [1.807, 2.05) is 0 Å². The van der Waals surface area contributed by atoms with Crippen LogP contribution in [0.5, 0.6) is 0 Å². The molecule has 6 nitrogen and oxygen atoms in total. The molecule has 0 aromatic carbocycles. The van der Waals surface area contributed by atoms with Crippen molar-refractivity contribution in [2.24, 2.45) is 22.7 Å². The zero-order valence-corrected chi connectivity index (χ0v) is 27.2. The van der Waals surface area contributed by atoms with Crippen LogP contribution >= 0.6 is 0 Å². The van der Waals surface area contributed by atoms with Crippen LogP contribution in [0.25, 0.3) is 0 Å². The molecule has 0 bridgehead atoms. The molecule has 1 fully saturated rings. The fraction of sp³-hybridized carbons (Fsp3) is 0.926. The molecule has 0 aromatic heterocycles. The smallest absolute Gasteiger partial charge is 0.434 e. The largest absolute Gasteiger partial charge is 0.462 e. The van der Waals surface area contributed by atoms with Gasteiger partial charge in [-0.05, 0) is 59.8 Å². The van der Waals surface area contributed by atoms with Crippen molar-refractivity contribution >= 4 is 11.9 Å². The molecule has 2 atom stereocenters. The lowest BCUT2D eigenvalue weighted by Gasteiger charge is -2.48. The van der Waals surface area contributed by atoms with Crippen molar-refractivity contribution < 1.29 is 108 Å². The summed E-state index contributed by atoms with van der Waals surface area (Å²) in [5.41, 5.74) is -14.3. The fourth-order valence-electron chi connectivity index (χ4n) is 4.48. The van der Waals surface area contributed by atoms with Gasteiger partial charge in [-0.1, -0.05) is 13.8 Å². The van der Waals surface area contributed by atoms with Crippen LogP contribution in [-0.4, -0.2) is 82.6 Å². The maximum atomic E-state index is 13.3. The number of halogens is 18. The van der Waals surface area contributed by atoms with Gasteiger partial charge in [-0.25, -0.2) is 0 Å². The molecule has 1 aliphatic rings. The van der Waals surface area contributed by atoms with Crippen LogP contribution in [0, 0.1) is 22.7 Å². The number of esters is 2. The Bertz CT molecular complexity index is 1090. The minimum atomic E-state index is -6.58. The highest BCUT2D eigenvalue weighted by molar-refractivity contribution is 5.76. The number of hydrogen-bond donors (Lipinski definition) is 2. The molecule has 0 aromatic rings. The first-order valence-electron chi connectivity index (χ1n) is 14.4. The van der Waals surface area contributed by atoms with Gasteiger partial charge in [0, 0.05) is 11.8 Å². The summed E-state index contributed by atoms with van der Waals surface area (Å²) in [6.45, 7) is 7.69. The Morgan fingerprint density at radius 1 is 0.549 bits per heavy atom. The zero-order valence-electron chi connectivity index (χ0n) is 27.2. The molecule has 0 saturated heterocycles. The van der Waals surface area contributed by atoms with E-state index in [2.05, 4.69) is 4.74 Å². The average Bonchev–Trinajstić information content (AvgIpc) is 2.91. The first kappa shape index (κ1) is 48.6. The summed E-state index contributed by atoms with van der Waals surface area (Å²) >= 11 is 0. The van der Waals surface area contributed by atoms with Crippen molar-refractivity contribution in [2.45, 2.75) is 134 Å². The van der Waals surface area contributed by atoms with Crippen LogP contribution in [-0.2, 0) is 19.1 Å². The molecule has 0 aliphatic heterocycles. The third-order valence-corrected chi connectivity index (χ3v) is 8.54. The standard InChI is InChI=1S/C18H22F12O4.C9H12F6O2/c1-4-12(2,3)11(31)34-10-6-8(13(32,15(19,20)21)16(22,23)24)5-9(7-10)14(33,17(25,26)27)18(28,29)30;1-4-7(2,3)6(16)17-5(8(10,11)12)9(13,14)15/h8-10,32-33H,4-7H2,1-3H3;5H,4H2,1-3H3. The van der Waals surface area contributed by atoms with E-state index in [1.54, 1.807) is 0 Å². The Balaban J connectivity index is 0.00000124. The molecule has 1 rings (SSSR count). The molecule has 51 heavy (non-hydrogen) atoms. The average molecular weight is 797 g/mol. The molecular weight excluding hydrogens is 762 g/mol. The predicted molar refractivity (Wildman–Crippen MR) is 135 cm³/mol. The number of hydrogen-bond acceptors (Lipinski definition) is 6. The van der Waals surface area contributed by atoms with E-state index in [4.69, 9.17) is 4.74 Å². The Labute approximate surface area is 277 Å². The monoisotopic (exact) mass is 796 g/mol. The van der Waals surface area contributed by atoms with E-state index in [9.17, 15) is 98.8 Å². The molecule has 2 unspecified atom stereocenters. The predicted octanol–water partition coefficient (Wildman–Crippen LogP) is 8.92. The molecule has 2 N–H and O–H groups in total. The third-order valence-electron chi connectivity index (χ3n) is 8.54. The van der Waals surface area contributed by atoms with Crippen molar-refractivity contribution in [1.82, 2.24) is 0 Å². The molecule has 0 radical (unpaired) electrons. The van der Waals surface area contributed by atoms with Crippen LogP contribution < -0.4 is 0 Å². The highest BCUT2D eigenvalue weighted by Gasteiger charge is 2.78. The SMILES string of the molecule is CCC(C)(C)C(=O)OC(C(F)(F)F)C(F)(F)F.CCC(C)(C)C(=O)OC1CC(C(O)(C(F)(F)F)C(F)(F)F)CC(C(O)(C(F)(F)F)C(F)(F)F)C1. The van der Waals surface area contributed by atoms with E-state index < -0.39 is 114 Å². The Morgan fingerprint density at radius 3 is 1.06 bits per heavy atom. The minimum Gasteiger partial charge on any atom is -0.462 e. The summed E-state index contributed by atoms with van der Waals surface area (Å²) in [6, 6.07) is 0. The van der Waals surface area contributed by atoms with Gasteiger partial charge in [0.05, 0.1) is 10.8 Å². The Kier molecular flexibility index (Phi) is 14.4. The van der Waals surface area contributed by atoms with Gasteiger partial charge in [-0.3, -0.25) is 9.59 Å². The van der Waals surface area contributed by atoms with Crippen molar-refractivity contribution in [2.75, 3.05) is 0 Å². The van der Waals surface area contributed by atoms with Gasteiger partial charge in [-0.15, -0.1) is 0 Å². The van der Waals surface area contributed by atoms with Crippen LogP contribution in [0.2, 0.25) is 0 Å². The summed E-state index contributed by atoms with van der Waals surface area (Å²) < 4.78 is 241. The highest BCUT2D eigenvalue weighted by Crippen LogP contribution is 2.58. The topological polar surface area (TPSA) is 93.1 Å². The van der Waals surface area contributed by atoms with E-state index in [0.717, 1.165) is 0 Å². The number of carbonyl (C=O) groups is 2. The van der Waals surface area contributed by atoms with E-state index in [0.29, 0.717) is 0 Å². The van der Waals surface area contributed by atoms with Crippen LogP contribution in [0.3, 0.4) is 0 Å². The van der Waals surface area contributed by atoms with Gasteiger partial charge in [0.25, 0.3) is 17.3 Å². The third kappa shape index (κ3) is 10.8. The van der Waals surface area contributed by atoms with Gasteiger partial charge >= 0.3 is 49.0 Å². The number of rotatable bonds is 8. The number of aliphatic hydroxyl groups is 2. The Hall–Kier alpha value is -2.40. The normalized spacial score (nSPS) is 20.8. The van der Waals surface area contributed by atoms with Gasteiger partial charge in [0.2, 0.25) is 0 Å². The summed E-state index contributed by atoms with van der Waals surface area (Å²) in [7, 11) is 0. The van der Waals surface area contributed by atoms with E-state index in [1.165, 1.54) is 41.5 Å². The van der Waals surface area contributed by atoms with E-state index >= 15 is 0 Å². The van der Waals surface area contributed by atoms with Crippen molar-refractivity contribution in [3.05, 3.63) is 0 Å². The molecule has 1 saturated carbocycles. The molecule has 0 heterocycles. The summed E-state index contributed by atoms with van der Waals surface area (Å²) in [5.74, 6) is -9.58. The highest BCUT2D eigenvalue weighted by atomic mass is 19.4. The van der Waals surface area contributed by atoms with Crippen LogP contribution in [0.15, 0.2) is 0 Å². The molecule has 1 aliphatic carbocycles. The minimum absolute atomic E-state index is 0.0184. The van der Waals surface area contributed by atoms with Crippen LogP contribution in [0.1, 0.15) is 73.6 Å². The summed E-state index contributed by atoms with van der Waals surface area (Å²) in [4.78, 5) is 23.4. The lowest BCUT2D eigenvalue weighted by molar-refractivity contribution is -0.405. The van der Waals surface area contributed by atoms with Gasteiger partial charge in [-0.2, -0.15) is 79.0 Å². The zero-order chi connectivity index (χ0) is 41.4. The van der Waals surface area contributed by atoms with Gasteiger partial charge in [0.15, 0.2) is 0 Å². The van der Waals surface area contributed by atoms with Crippen molar-refractivity contribution in [3.63, 3.8) is 0 Å². The quantitative estimate of drug-likeness (QED) is 0.188. The van der Waals surface area contributed by atoms with Crippen LogP contribution in [0.4, 0.5) is 79.0 Å². The maximum Gasteiger partial charge on any atom is 0.434 e. The van der Waals surface area contributed by atoms with E-state index in [-0.39, 0.29) is 12.8 Å². The second-order valence-corrected chi connectivity index (χ2v) is 13.0. The molecule has 304 valence electrons. The lowest BCUT2D eigenvalue weighted by atomic mass is 9.65. The fourth-order valence-corrected chi connectivity index (χ4v) is 4.48. The number of carbonyl (C=O) groups excluding carboxylic acids is 2.